The maximum Gasteiger partial charge on any atom is 0.277 e. The number of nitriles is 1. The summed E-state index contributed by atoms with van der Waals surface area (Å²) >= 11 is 0. The molecule has 1 atom stereocenters. The largest absolute Gasteiger partial charge is 0.399 e. The number of amides is 2. The van der Waals surface area contributed by atoms with E-state index in [1.54, 1.807) is 24.3 Å². The quantitative estimate of drug-likeness (QED) is 0.447. The summed E-state index contributed by atoms with van der Waals surface area (Å²) in [5.41, 5.74) is 8.27. The Morgan fingerprint density at radius 2 is 1.86 bits per heavy atom. The highest BCUT2D eigenvalue weighted by Crippen LogP contribution is 2.27. The Morgan fingerprint density at radius 1 is 1.21 bits per heavy atom. The van der Waals surface area contributed by atoms with Crippen LogP contribution in [0.3, 0.4) is 0 Å². The molecular weight excluding hydrogens is 352 g/mol. The Hall–Kier alpha value is -3.59. The van der Waals surface area contributed by atoms with Crippen LogP contribution in [0.2, 0.25) is 0 Å². The first-order valence-electron chi connectivity index (χ1n) is 9.05. The van der Waals surface area contributed by atoms with Crippen LogP contribution in [0.1, 0.15) is 38.7 Å². The number of anilines is 3. The number of hydrogen-bond donors (Lipinski definition) is 2. The number of nitrogens with zero attached hydrogens (tertiary/aromatic N) is 2. The summed E-state index contributed by atoms with van der Waals surface area (Å²) in [7, 11) is 0. The topological polar surface area (TPSA) is 99.2 Å². The van der Waals surface area contributed by atoms with Gasteiger partial charge in [-0.1, -0.05) is 32.0 Å². The Bertz CT molecular complexity index is 926. The molecule has 2 aromatic rings. The average molecular weight is 376 g/mol. The average Bonchev–Trinajstić information content (AvgIpc) is 2.69. The molecule has 0 fully saturated rings. The second kappa shape index (κ2) is 9.38. The molecule has 0 saturated carbocycles. The zero-order valence-electron chi connectivity index (χ0n) is 16.3. The van der Waals surface area contributed by atoms with E-state index in [2.05, 4.69) is 19.2 Å². The van der Waals surface area contributed by atoms with Gasteiger partial charge in [0, 0.05) is 24.5 Å². The van der Waals surface area contributed by atoms with Gasteiger partial charge in [-0.3, -0.25) is 9.59 Å². The molecule has 2 amide bonds. The molecule has 3 N–H and O–H groups in total. The van der Waals surface area contributed by atoms with E-state index in [9.17, 15) is 14.9 Å². The van der Waals surface area contributed by atoms with Crippen molar-refractivity contribution in [2.75, 3.05) is 16.0 Å². The molecule has 2 aromatic carbocycles. The predicted octanol–water partition coefficient (Wildman–Crippen LogP) is 4.18. The van der Waals surface area contributed by atoms with Crippen LogP contribution in [-0.4, -0.2) is 11.8 Å². The van der Waals surface area contributed by atoms with Gasteiger partial charge < -0.3 is 11.1 Å². The third-order valence-electron chi connectivity index (χ3n) is 4.50. The molecule has 0 aliphatic heterocycles. The van der Waals surface area contributed by atoms with Crippen LogP contribution in [0.5, 0.6) is 0 Å². The smallest absolute Gasteiger partial charge is 0.277 e. The number of rotatable bonds is 6. The van der Waals surface area contributed by atoms with E-state index in [4.69, 9.17) is 5.73 Å². The Labute approximate surface area is 165 Å². The number of carbonyl (C=O) groups is 2. The number of nitrogens with one attached hydrogen (secondary N) is 1. The van der Waals surface area contributed by atoms with Crippen LogP contribution in [-0.2, 0) is 9.59 Å². The van der Waals surface area contributed by atoms with E-state index in [1.165, 1.54) is 13.1 Å². The second-order valence-corrected chi connectivity index (χ2v) is 6.46. The van der Waals surface area contributed by atoms with Gasteiger partial charge in [0.15, 0.2) is 0 Å². The van der Waals surface area contributed by atoms with E-state index in [1.807, 2.05) is 30.3 Å². The van der Waals surface area contributed by atoms with E-state index in [0.29, 0.717) is 17.3 Å². The molecule has 0 aliphatic rings. The fourth-order valence-corrected chi connectivity index (χ4v) is 2.76. The van der Waals surface area contributed by atoms with Crippen molar-refractivity contribution in [3.05, 3.63) is 65.9 Å². The molecule has 144 valence electrons. The fraction of sp³-hybridized carbons (Fsp3) is 0.227. The van der Waals surface area contributed by atoms with Crippen molar-refractivity contribution in [1.82, 2.24) is 0 Å². The lowest BCUT2D eigenvalue weighted by molar-refractivity contribution is -0.123. The van der Waals surface area contributed by atoms with Crippen LogP contribution >= 0.6 is 0 Å². The van der Waals surface area contributed by atoms with Gasteiger partial charge in [0.2, 0.25) is 5.91 Å². The monoisotopic (exact) mass is 376 g/mol. The molecule has 6 heteroatoms. The molecule has 28 heavy (non-hydrogen) atoms. The lowest BCUT2D eigenvalue weighted by Gasteiger charge is -2.19. The molecule has 0 spiro atoms. The molecular formula is C22H24N4O2. The predicted molar refractivity (Wildman–Crippen MR) is 111 cm³/mol. The van der Waals surface area contributed by atoms with E-state index >= 15 is 0 Å². The van der Waals surface area contributed by atoms with Crippen LogP contribution in [0.25, 0.3) is 0 Å². The summed E-state index contributed by atoms with van der Waals surface area (Å²) in [5.74, 6) is -0.869. The maximum atomic E-state index is 12.8. The summed E-state index contributed by atoms with van der Waals surface area (Å²) in [4.78, 5) is 25.9. The van der Waals surface area contributed by atoms with Crippen molar-refractivity contribution in [2.45, 2.75) is 33.1 Å². The van der Waals surface area contributed by atoms with Gasteiger partial charge in [-0.2, -0.15) is 5.26 Å². The SMILES string of the molecule is CCC(C)c1ccccc1N/C=C(/C#N)C(=O)N(C(C)=O)c1ccc(N)cc1. The number of para-hydroxylation sites is 1. The number of benzene rings is 2. The lowest BCUT2D eigenvalue weighted by Crippen LogP contribution is -2.36. The first-order chi connectivity index (χ1) is 13.4. The molecule has 0 aromatic heterocycles. The van der Waals surface area contributed by atoms with Gasteiger partial charge in [-0.05, 0) is 48.2 Å². The van der Waals surface area contributed by atoms with E-state index in [-0.39, 0.29) is 5.57 Å². The molecule has 0 saturated heterocycles. The number of nitrogen functional groups attached to an aromatic ring is 1. The Morgan fingerprint density at radius 3 is 2.43 bits per heavy atom. The van der Waals surface area contributed by atoms with Crippen molar-refractivity contribution in [1.29, 1.82) is 5.26 Å². The molecule has 0 heterocycles. The fourth-order valence-electron chi connectivity index (χ4n) is 2.76. The second-order valence-electron chi connectivity index (χ2n) is 6.46. The van der Waals surface area contributed by atoms with Gasteiger partial charge in [0.25, 0.3) is 5.91 Å². The minimum Gasteiger partial charge on any atom is -0.399 e. The van der Waals surface area contributed by atoms with Gasteiger partial charge >= 0.3 is 0 Å². The van der Waals surface area contributed by atoms with Crippen molar-refractivity contribution < 1.29 is 9.59 Å². The molecule has 1 unspecified atom stereocenters. The van der Waals surface area contributed by atoms with E-state index in [0.717, 1.165) is 22.6 Å². The van der Waals surface area contributed by atoms with Crippen LogP contribution in [0.15, 0.2) is 60.3 Å². The zero-order valence-corrected chi connectivity index (χ0v) is 16.3. The van der Waals surface area contributed by atoms with Crippen LogP contribution < -0.4 is 16.0 Å². The maximum absolute atomic E-state index is 12.8. The van der Waals surface area contributed by atoms with Crippen molar-refractivity contribution in [2.24, 2.45) is 0 Å². The summed E-state index contributed by atoms with van der Waals surface area (Å²) < 4.78 is 0. The normalized spacial score (nSPS) is 12.0. The number of hydrogen-bond acceptors (Lipinski definition) is 5. The molecule has 0 radical (unpaired) electrons. The third kappa shape index (κ3) is 4.77. The number of nitrogens with two attached hydrogens (primary N) is 1. The standard InChI is InChI=1S/C22H24N4O2/c1-4-15(2)20-7-5-6-8-21(20)25-14-17(13-23)22(28)26(16(3)27)19-11-9-18(24)10-12-19/h5-12,14-15,25H,4,24H2,1-3H3/b17-14-. The van der Waals surface area contributed by atoms with Gasteiger partial charge in [-0.25, -0.2) is 4.90 Å². The highest BCUT2D eigenvalue weighted by molar-refractivity contribution is 6.21. The Balaban J connectivity index is 2.33. The van der Waals surface area contributed by atoms with E-state index < -0.39 is 11.8 Å². The molecule has 6 nitrogen and oxygen atoms in total. The highest BCUT2D eigenvalue weighted by atomic mass is 16.2. The zero-order chi connectivity index (χ0) is 20.7. The minimum absolute atomic E-state index is 0.175. The Kier molecular flexibility index (Phi) is 6.94. The van der Waals surface area contributed by atoms with Gasteiger partial charge in [0.1, 0.15) is 11.6 Å². The first kappa shape index (κ1) is 20.7. The summed E-state index contributed by atoms with van der Waals surface area (Å²) in [6, 6.07) is 15.9. The number of imide groups is 1. The van der Waals surface area contributed by atoms with Gasteiger partial charge in [0.05, 0.1) is 5.69 Å². The summed E-state index contributed by atoms with van der Waals surface area (Å²) in [6.45, 7) is 5.48. The number of carbonyl (C=O) groups excluding carboxylic acids is 2. The first-order valence-corrected chi connectivity index (χ1v) is 9.05. The van der Waals surface area contributed by atoms with Crippen molar-refractivity contribution >= 4 is 28.9 Å². The molecule has 2 rings (SSSR count). The molecule has 0 aliphatic carbocycles. The summed E-state index contributed by atoms with van der Waals surface area (Å²) in [5, 5.41) is 12.5. The summed E-state index contributed by atoms with van der Waals surface area (Å²) in [6.07, 6.45) is 2.30. The van der Waals surface area contributed by atoms with Crippen molar-refractivity contribution in [3.63, 3.8) is 0 Å². The lowest BCUT2D eigenvalue weighted by atomic mass is 9.97. The van der Waals surface area contributed by atoms with Gasteiger partial charge in [-0.15, -0.1) is 0 Å². The highest BCUT2D eigenvalue weighted by Gasteiger charge is 2.24. The van der Waals surface area contributed by atoms with Crippen molar-refractivity contribution in [3.8, 4) is 6.07 Å². The third-order valence-corrected chi connectivity index (χ3v) is 4.50. The van der Waals surface area contributed by atoms with Crippen LogP contribution in [0, 0.1) is 11.3 Å². The molecule has 0 bridgehead atoms. The minimum atomic E-state index is -0.701. The van der Waals surface area contributed by atoms with Crippen LogP contribution in [0.4, 0.5) is 17.1 Å².